The Morgan fingerprint density at radius 3 is 2.58 bits per heavy atom. The lowest BCUT2D eigenvalue weighted by Crippen LogP contribution is -2.65. The van der Waals surface area contributed by atoms with Crippen LogP contribution in [0.2, 0.25) is 5.02 Å². The largest absolute Gasteiger partial charge is 0.481 e. The van der Waals surface area contributed by atoms with Crippen molar-refractivity contribution in [3.05, 3.63) is 70.7 Å². The zero-order chi connectivity index (χ0) is 30.4. The van der Waals surface area contributed by atoms with Crippen LogP contribution in [-0.2, 0) is 36.7 Å². The van der Waals surface area contributed by atoms with Gasteiger partial charge in [-0.1, -0.05) is 86.9 Å². The third-order valence-corrected chi connectivity index (χ3v) is 10.6. The second kappa shape index (κ2) is 11.8. The molecule has 0 aromatic heterocycles. The van der Waals surface area contributed by atoms with Gasteiger partial charge in [0, 0.05) is 17.9 Å². The number of carbonyl (C=O) groups is 1. The van der Waals surface area contributed by atoms with Crippen LogP contribution in [0.25, 0.3) is 0 Å². The highest BCUT2D eigenvalue weighted by Gasteiger charge is 2.68. The molecule has 3 aliphatic carbocycles. The van der Waals surface area contributed by atoms with E-state index in [2.05, 4.69) is 45.1 Å². The fourth-order valence-corrected chi connectivity index (χ4v) is 8.09. The summed E-state index contributed by atoms with van der Waals surface area (Å²) >= 11 is 6.12. The van der Waals surface area contributed by atoms with Crippen molar-refractivity contribution in [2.24, 2.45) is 28.3 Å². The molecule has 0 radical (unpaired) electrons. The number of hydrogen-bond acceptors (Lipinski definition) is 6. The van der Waals surface area contributed by atoms with Crippen molar-refractivity contribution in [1.82, 2.24) is 5.32 Å². The van der Waals surface area contributed by atoms with Crippen molar-refractivity contribution in [1.29, 1.82) is 0 Å². The number of rotatable bonds is 11. The van der Waals surface area contributed by atoms with E-state index in [4.69, 9.17) is 30.5 Å². The number of ether oxygens (including phenoxy) is 1. The predicted molar refractivity (Wildman–Crippen MR) is 169 cm³/mol. The van der Waals surface area contributed by atoms with Crippen molar-refractivity contribution in [3.63, 3.8) is 0 Å². The highest BCUT2D eigenvalue weighted by atomic mass is 35.5. The number of amides is 1. The normalized spacial score (nSPS) is 31.2. The summed E-state index contributed by atoms with van der Waals surface area (Å²) in [5.74, 6) is 0.935. The minimum Gasteiger partial charge on any atom is -0.404 e. The van der Waals surface area contributed by atoms with Gasteiger partial charge in [-0.15, -0.1) is 0 Å². The molecule has 1 N–H and O–H groups in total. The highest BCUT2D eigenvalue weighted by molar-refractivity contribution is 6.48. The molecule has 6 atom stereocenters. The minimum absolute atomic E-state index is 0.0495. The van der Waals surface area contributed by atoms with Crippen molar-refractivity contribution >= 4 is 30.3 Å². The molecule has 1 amide bonds. The van der Waals surface area contributed by atoms with Gasteiger partial charge in [0.25, 0.3) is 5.91 Å². The van der Waals surface area contributed by atoms with Crippen molar-refractivity contribution in [2.75, 3.05) is 6.61 Å². The molecule has 4 fully saturated rings. The Labute approximate surface area is 261 Å². The average molecular weight is 607 g/mol. The van der Waals surface area contributed by atoms with E-state index < -0.39 is 12.7 Å². The van der Waals surface area contributed by atoms with Gasteiger partial charge in [-0.25, -0.2) is 0 Å². The highest BCUT2D eigenvalue weighted by Crippen LogP contribution is 2.65. The molecule has 0 spiro atoms. The number of nitrogens with one attached hydrogen (secondary N) is 1. The molecule has 3 saturated carbocycles. The number of carbonyl (C=O) groups excluding carboxylic acids is 1. The van der Waals surface area contributed by atoms with E-state index in [9.17, 15) is 4.79 Å². The molecule has 2 bridgehead atoms. The smallest absolute Gasteiger partial charge is 0.404 e. The summed E-state index contributed by atoms with van der Waals surface area (Å²) in [7, 11) is -0.506. The van der Waals surface area contributed by atoms with E-state index >= 15 is 0 Å². The van der Waals surface area contributed by atoms with Gasteiger partial charge in [0.1, 0.15) is 0 Å². The van der Waals surface area contributed by atoms with E-state index in [1.165, 1.54) is 6.42 Å². The summed E-state index contributed by atoms with van der Waals surface area (Å²) in [6, 6.07) is 17.5. The molecule has 9 heteroatoms. The van der Waals surface area contributed by atoms with Crippen LogP contribution in [0.4, 0.5) is 0 Å². The third kappa shape index (κ3) is 6.00. The molecule has 230 valence electrons. The van der Waals surface area contributed by atoms with Gasteiger partial charge in [0.15, 0.2) is 0 Å². The minimum atomic E-state index is -1.19. The molecule has 1 saturated heterocycles. The molecule has 1 unspecified atom stereocenters. The topological polar surface area (TPSA) is 78.4 Å². The molecule has 2 aromatic carbocycles. The van der Waals surface area contributed by atoms with Gasteiger partial charge in [-0.2, -0.15) is 0 Å². The number of hydrogen-bond donors (Lipinski definition) is 1. The summed E-state index contributed by atoms with van der Waals surface area (Å²) in [5, 5.41) is 8.37. The van der Waals surface area contributed by atoms with E-state index in [0.29, 0.717) is 47.9 Å². The fourth-order valence-electron chi connectivity index (χ4n) is 7.88. The molecular formula is C34H44BClN2O5. The molecule has 2 aromatic rings. The zero-order valence-electron chi connectivity index (χ0n) is 26.0. The molecular weight excluding hydrogens is 563 g/mol. The molecule has 7 rings (SSSR count). The number of nitrogens with zero attached hydrogens (tertiary/aromatic N) is 1. The Bertz CT molecular complexity index is 1360. The molecule has 2 heterocycles. The van der Waals surface area contributed by atoms with Gasteiger partial charge in [-0.3, -0.25) is 4.79 Å². The van der Waals surface area contributed by atoms with Gasteiger partial charge in [0.2, 0.25) is 5.60 Å². The van der Waals surface area contributed by atoms with Crippen LogP contribution in [0.15, 0.2) is 59.8 Å². The number of halogens is 1. The molecule has 5 aliphatic rings. The monoisotopic (exact) mass is 606 g/mol. The Hall–Kier alpha value is -2.39. The first-order valence-corrected chi connectivity index (χ1v) is 16.1. The standard InChI is InChI=1S/C34H44BClN2O5/c1-22(2)14-30(35-41-29-17-25-16-28(32(25,3)4)33(29,5)42-35)37-31(39)34(18-23-10-7-6-8-11-23)19-27(38-43-34)21-40-20-24-12-9-13-26(36)15-24/h6-13,15,22,25,28-30H,14,16-21H2,1-5H3,(H,37,39)/t25-,28-,29+,30-,33-,34?/m0/s1. The first-order valence-electron chi connectivity index (χ1n) is 15.7. The first kappa shape index (κ1) is 30.6. The van der Waals surface area contributed by atoms with Gasteiger partial charge >= 0.3 is 7.12 Å². The van der Waals surface area contributed by atoms with Crippen LogP contribution in [0.3, 0.4) is 0 Å². The van der Waals surface area contributed by atoms with Crippen LogP contribution in [0.5, 0.6) is 0 Å². The van der Waals surface area contributed by atoms with E-state index in [0.717, 1.165) is 24.0 Å². The molecule has 2 aliphatic heterocycles. The van der Waals surface area contributed by atoms with Gasteiger partial charge in [-0.05, 0) is 72.6 Å². The number of benzene rings is 2. The summed E-state index contributed by atoms with van der Waals surface area (Å²) < 4.78 is 19.4. The zero-order valence-corrected chi connectivity index (χ0v) is 26.7. The van der Waals surface area contributed by atoms with Crippen LogP contribution in [-0.4, -0.2) is 48.6 Å². The Morgan fingerprint density at radius 2 is 1.86 bits per heavy atom. The molecule has 7 nitrogen and oxygen atoms in total. The second-order valence-electron chi connectivity index (χ2n) is 14.3. The maximum absolute atomic E-state index is 14.3. The Balaban J connectivity index is 1.17. The molecule has 43 heavy (non-hydrogen) atoms. The summed E-state index contributed by atoms with van der Waals surface area (Å²) in [6.07, 6.45) is 3.70. The van der Waals surface area contributed by atoms with Gasteiger partial charge in [0.05, 0.1) is 36.6 Å². The maximum atomic E-state index is 14.3. The van der Waals surface area contributed by atoms with Crippen molar-refractivity contribution in [2.45, 2.75) is 96.6 Å². The first-order chi connectivity index (χ1) is 20.5. The summed E-state index contributed by atoms with van der Waals surface area (Å²) in [6.45, 7) is 11.9. The van der Waals surface area contributed by atoms with E-state index in [-0.39, 0.29) is 35.6 Å². The third-order valence-electron chi connectivity index (χ3n) is 10.4. The van der Waals surface area contributed by atoms with Crippen molar-refractivity contribution in [3.8, 4) is 0 Å². The fraction of sp³-hybridized carbons (Fsp3) is 0.588. The van der Waals surface area contributed by atoms with Gasteiger partial charge < -0.3 is 24.2 Å². The lowest BCUT2D eigenvalue weighted by molar-refractivity contribution is -0.199. The summed E-state index contributed by atoms with van der Waals surface area (Å²) in [5.41, 5.74) is 1.39. The SMILES string of the molecule is CC(C)C[C@H](NC(=O)C1(Cc2ccccc2)CC(COCc2cccc(Cl)c2)=NO1)B1O[C@@H]2C[C@@H]3C[C@@H](C3(C)C)[C@]2(C)O1. The van der Waals surface area contributed by atoms with E-state index in [1.54, 1.807) is 0 Å². The van der Waals surface area contributed by atoms with Crippen LogP contribution in [0.1, 0.15) is 71.4 Å². The van der Waals surface area contributed by atoms with Crippen LogP contribution < -0.4 is 5.32 Å². The van der Waals surface area contributed by atoms with Crippen LogP contribution >= 0.6 is 11.6 Å². The Kier molecular flexibility index (Phi) is 8.44. The number of oxime groups is 1. The van der Waals surface area contributed by atoms with E-state index in [1.807, 2.05) is 54.6 Å². The van der Waals surface area contributed by atoms with Crippen molar-refractivity contribution < 1.29 is 23.7 Å². The second-order valence-corrected chi connectivity index (χ2v) is 14.7. The lowest BCUT2D eigenvalue weighted by atomic mass is 9.43. The predicted octanol–water partition coefficient (Wildman–Crippen LogP) is 6.41. The lowest BCUT2D eigenvalue weighted by Gasteiger charge is -2.64. The van der Waals surface area contributed by atoms with Crippen LogP contribution in [0, 0.1) is 23.2 Å². The average Bonchev–Trinajstić information content (AvgIpc) is 3.54. The Morgan fingerprint density at radius 1 is 1.09 bits per heavy atom. The summed E-state index contributed by atoms with van der Waals surface area (Å²) in [4.78, 5) is 20.4. The quantitative estimate of drug-likeness (QED) is 0.299. The maximum Gasteiger partial charge on any atom is 0.481 e.